The number of amides is 2. The summed E-state index contributed by atoms with van der Waals surface area (Å²) in [7, 11) is 3.73. The molecule has 0 radical (unpaired) electrons. The van der Waals surface area contributed by atoms with E-state index in [2.05, 4.69) is 36.0 Å². The molecule has 8 heteroatoms. The summed E-state index contributed by atoms with van der Waals surface area (Å²) in [6.07, 6.45) is 2.06. The number of carbonyl (C=O) groups excluding carboxylic acids is 2. The van der Waals surface area contributed by atoms with Gasteiger partial charge in [0.1, 0.15) is 12.4 Å². The molecule has 0 saturated carbocycles. The van der Waals surface area contributed by atoms with Crippen molar-refractivity contribution in [1.82, 2.24) is 14.7 Å². The highest BCUT2D eigenvalue weighted by Crippen LogP contribution is 2.51. The first-order chi connectivity index (χ1) is 17.5. The van der Waals surface area contributed by atoms with Gasteiger partial charge < -0.3 is 29.5 Å². The fourth-order valence-corrected chi connectivity index (χ4v) is 5.66. The summed E-state index contributed by atoms with van der Waals surface area (Å²) in [6, 6.07) is 13.8. The predicted molar refractivity (Wildman–Crippen MR) is 138 cm³/mol. The molecule has 3 aliphatic rings. The summed E-state index contributed by atoms with van der Waals surface area (Å²) in [4.78, 5) is 32.3. The van der Waals surface area contributed by atoms with Crippen LogP contribution in [-0.2, 0) is 4.74 Å². The minimum atomic E-state index is -0.348. The number of benzene rings is 2. The summed E-state index contributed by atoms with van der Waals surface area (Å²) in [5.41, 5.74) is 3.71. The number of methoxy groups -OCH3 is 1. The lowest BCUT2D eigenvalue weighted by Crippen LogP contribution is -2.47. The van der Waals surface area contributed by atoms with Gasteiger partial charge in [-0.1, -0.05) is 24.8 Å². The first-order valence-electron chi connectivity index (χ1n) is 12.6. The van der Waals surface area contributed by atoms with Crippen molar-refractivity contribution in [3.63, 3.8) is 0 Å². The summed E-state index contributed by atoms with van der Waals surface area (Å²) in [5.74, 6) is 0.981. The fourth-order valence-electron chi connectivity index (χ4n) is 5.66. The first-order valence-corrected chi connectivity index (χ1v) is 12.6. The van der Waals surface area contributed by atoms with Gasteiger partial charge in [-0.3, -0.25) is 4.79 Å². The molecule has 2 aromatic carbocycles. The van der Waals surface area contributed by atoms with Crippen LogP contribution in [0.3, 0.4) is 0 Å². The highest BCUT2D eigenvalue weighted by Gasteiger charge is 2.47. The molecule has 3 heterocycles. The maximum Gasteiger partial charge on any atom is 0.410 e. The van der Waals surface area contributed by atoms with Crippen LogP contribution in [0.1, 0.15) is 40.0 Å². The highest BCUT2D eigenvalue weighted by molar-refractivity contribution is 5.95. The zero-order valence-corrected chi connectivity index (χ0v) is 21.0. The molecule has 0 bridgehead atoms. The molecule has 0 spiro atoms. The normalized spacial score (nSPS) is 23.3. The summed E-state index contributed by atoms with van der Waals surface area (Å²) >= 11 is 0. The molecule has 36 heavy (non-hydrogen) atoms. The van der Waals surface area contributed by atoms with Crippen molar-refractivity contribution in [2.75, 3.05) is 58.8 Å². The highest BCUT2D eigenvalue weighted by atomic mass is 16.6. The van der Waals surface area contributed by atoms with Gasteiger partial charge in [-0.15, -0.1) is 0 Å². The van der Waals surface area contributed by atoms with Crippen LogP contribution in [0.15, 0.2) is 55.1 Å². The topological polar surface area (TPSA) is 74.3 Å². The van der Waals surface area contributed by atoms with Gasteiger partial charge in [0.2, 0.25) is 0 Å². The Kier molecular flexibility index (Phi) is 6.87. The molecule has 2 amide bonds. The van der Waals surface area contributed by atoms with Crippen molar-refractivity contribution in [2.45, 2.75) is 18.5 Å². The molecule has 190 valence electrons. The van der Waals surface area contributed by atoms with Gasteiger partial charge in [-0.2, -0.15) is 0 Å². The van der Waals surface area contributed by atoms with Gasteiger partial charge in [0, 0.05) is 49.9 Å². The molecule has 1 unspecified atom stereocenters. The number of nitrogens with zero attached hydrogens (tertiary/aromatic N) is 3. The van der Waals surface area contributed by atoms with Crippen LogP contribution in [0.4, 0.5) is 10.5 Å². The summed E-state index contributed by atoms with van der Waals surface area (Å²) < 4.78 is 10.8. The van der Waals surface area contributed by atoms with E-state index in [9.17, 15) is 9.59 Å². The van der Waals surface area contributed by atoms with Gasteiger partial charge in [0.05, 0.1) is 19.2 Å². The number of hydrogen-bond donors (Lipinski definition) is 1. The molecule has 3 aliphatic heterocycles. The van der Waals surface area contributed by atoms with E-state index in [0.717, 1.165) is 55.2 Å². The van der Waals surface area contributed by atoms with Crippen LogP contribution in [0.2, 0.25) is 0 Å². The standard InChI is InChI=1S/C28H34N4O4/c1-4-17-36-28(34)32-12-11-22-25(19-5-8-21(35-3)9-6-19)29-24-10-7-20(18-23(24)26(22)32)27(33)31-15-13-30(2)14-16-31/h4-10,18,22,25-26,29H,1,11-17H2,2-3H3/t22-,25?,26-/m0/s1. The number of rotatable bonds is 5. The number of hydrogen-bond acceptors (Lipinski definition) is 6. The van der Waals surface area contributed by atoms with E-state index in [4.69, 9.17) is 9.47 Å². The van der Waals surface area contributed by atoms with Gasteiger partial charge in [-0.05, 0) is 54.9 Å². The molecule has 0 aromatic heterocycles. The number of anilines is 1. The summed E-state index contributed by atoms with van der Waals surface area (Å²) in [5, 5.41) is 3.71. The second-order valence-electron chi connectivity index (χ2n) is 9.75. The van der Waals surface area contributed by atoms with Crippen molar-refractivity contribution in [1.29, 1.82) is 0 Å². The Bertz CT molecular complexity index is 1130. The Morgan fingerprint density at radius 1 is 1.08 bits per heavy atom. The van der Waals surface area contributed by atoms with E-state index in [-0.39, 0.29) is 36.6 Å². The third kappa shape index (κ3) is 4.53. The zero-order chi connectivity index (χ0) is 25.2. The lowest BCUT2D eigenvalue weighted by molar-refractivity contribution is 0.0664. The number of nitrogens with one attached hydrogen (secondary N) is 1. The second kappa shape index (κ2) is 10.2. The lowest BCUT2D eigenvalue weighted by atomic mass is 9.79. The van der Waals surface area contributed by atoms with Gasteiger partial charge in [0.25, 0.3) is 5.91 Å². The van der Waals surface area contributed by atoms with Crippen molar-refractivity contribution < 1.29 is 19.1 Å². The van der Waals surface area contributed by atoms with E-state index in [1.807, 2.05) is 40.1 Å². The summed E-state index contributed by atoms with van der Waals surface area (Å²) in [6.45, 7) is 7.60. The van der Waals surface area contributed by atoms with Crippen molar-refractivity contribution in [2.24, 2.45) is 5.92 Å². The van der Waals surface area contributed by atoms with Crippen LogP contribution in [-0.4, -0.2) is 80.2 Å². The molecule has 3 atom stereocenters. The predicted octanol–water partition coefficient (Wildman–Crippen LogP) is 3.94. The number of ether oxygens (including phenoxy) is 2. The van der Waals surface area contributed by atoms with Crippen molar-refractivity contribution in [3.8, 4) is 5.75 Å². The number of carbonyl (C=O) groups is 2. The number of piperazine rings is 1. The third-order valence-electron chi connectivity index (χ3n) is 7.63. The minimum absolute atomic E-state index is 0.0183. The smallest absolute Gasteiger partial charge is 0.410 e. The third-order valence-corrected chi connectivity index (χ3v) is 7.63. The van der Waals surface area contributed by atoms with Crippen LogP contribution in [0, 0.1) is 5.92 Å². The van der Waals surface area contributed by atoms with E-state index in [0.29, 0.717) is 12.1 Å². The minimum Gasteiger partial charge on any atom is -0.497 e. The van der Waals surface area contributed by atoms with Crippen LogP contribution in [0.5, 0.6) is 5.75 Å². The average Bonchev–Trinajstić information content (AvgIpc) is 3.37. The number of likely N-dealkylation sites (tertiary alicyclic amines) is 1. The Hall–Kier alpha value is -3.52. The number of likely N-dealkylation sites (N-methyl/N-ethyl adjacent to an activating group) is 1. The molecule has 5 rings (SSSR count). The molecule has 0 aliphatic carbocycles. The molecule has 1 N–H and O–H groups in total. The molecule has 8 nitrogen and oxygen atoms in total. The largest absolute Gasteiger partial charge is 0.497 e. The quantitative estimate of drug-likeness (QED) is 0.640. The van der Waals surface area contributed by atoms with E-state index >= 15 is 0 Å². The number of fused-ring (bicyclic) bond motifs is 3. The van der Waals surface area contributed by atoms with Gasteiger partial charge in [0.15, 0.2) is 0 Å². The Labute approximate surface area is 212 Å². The monoisotopic (exact) mass is 490 g/mol. The Balaban J connectivity index is 1.49. The second-order valence-corrected chi connectivity index (χ2v) is 9.75. The molecular weight excluding hydrogens is 456 g/mol. The van der Waals surface area contributed by atoms with Crippen LogP contribution in [0.25, 0.3) is 0 Å². The Morgan fingerprint density at radius 3 is 2.53 bits per heavy atom. The maximum atomic E-state index is 13.3. The fraction of sp³-hybridized carbons (Fsp3) is 0.429. The van der Waals surface area contributed by atoms with E-state index in [1.54, 1.807) is 13.2 Å². The zero-order valence-electron chi connectivity index (χ0n) is 21.0. The van der Waals surface area contributed by atoms with Crippen molar-refractivity contribution >= 4 is 17.7 Å². The molecule has 2 saturated heterocycles. The maximum absolute atomic E-state index is 13.3. The average molecular weight is 491 g/mol. The van der Waals surface area contributed by atoms with E-state index in [1.165, 1.54) is 0 Å². The van der Waals surface area contributed by atoms with E-state index < -0.39 is 0 Å². The van der Waals surface area contributed by atoms with Gasteiger partial charge in [-0.25, -0.2) is 4.79 Å². The molecule has 2 fully saturated rings. The Morgan fingerprint density at radius 2 is 1.83 bits per heavy atom. The van der Waals surface area contributed by atoms with Crippen LogP contribution < -0.4 is 10.1 Å². The SMILES string of the molecule is C=CCOC(=O)N1CC[C@H]2C(c3ccc(OC)cc3)Nc3ccc(C(=O)N4CCN(C)CC4)cc3[C@H]21. The first kappa shape index (κ1) is 24.2. The van der Waals surface area contributed by atoms with Crippen LogP contribution >= 0.6 is 0 Å². The lowest BCUT2D eigenvalue weighted by Gasteiger charge is -2.40. The van der Waals surface area contributed by atoms with Gasteiger partial charge >= 0.3 is 6.09 Å². The molecular formula is C28H34N4O4. The van der Waals surface area contributed by atoms with Crippen molar-refractivity contribution in [3.05, 3.63) is 71.8 Å². The molecule has 2 aromatic rings.